The van der Waals surface area contributed by atoms with Crippen molar-refractivity contribution < 1.29 is 9.66 Å². The van der Waals surface area contributed by atoms with Crippen LogP contribution in [0.4, 0.5) is 5.69 Å². The van der Waals surface area contributed by atoms with E-state index in [1.807, 2.05) is 0 Å². The molecule has 0 aliphatic heterocycles. The summed E-state index contributed by atoms with van der Waals surface area (Å²) in [6, 6.07) is 5.19. The number of rotatable bonds is 4. The normalized spacial score (nSPS) is 22.9. The van der Waals surface area contributed by atoms with Crippen molar-refractivity contribution in [2.24, 2.45) is 11.7 Å². The molecular weight excluding hydrogens is 208 g/mol. The highest BCUT2D eigenvalue weighted by atomic mass is 16.6. The molecule has 2 atom stereocenters. The van der Waals surface area contributed by atoms with E-state index in [0.29, 0.717) is 18.2 Å². The summed E-state index contributed by atoms with van der Waals surface area (Å²) >= 11 is 0. The molecule has 1 aromatic rings. The van der Waals surface area contributed by atoms with E-state index in [-0.39, 0.29) is 16.5 Å². The lowest BCUT2D eigenvalue weighted by Gasteiger charge is -2.06. The number of para-hydroxylation sites is 1. The van der Waals surface area contributed by atoms with Crippen LogP contribution in [0.25, 0.3) is 0 Å². The van der Waals surface area contributed by atoms with Gasteiger partial charge < -0.3 is 10.5 Å². The predicted octanol–water partition coefficient (Wildman–Crippen LogP) is 1.67. The maximum absolute atomic E-state index is 11.0. The molecule has 5 nitrogen and oxygen atoms in total. The summed E-state index contributed by atoms with van der Waals surface area (Å²) in [5.41, 5.74) is 6.40. The van der Waals surface area contributed by atoms with Gasteiger partial charge in [0.25, 0.3) is 0 Å². The summed E-state index contributed by atoms with van der Waals surface area (Å²) in [5, 5.41) is 11.0. The van der Waals surface area contributed by atoms with E-state index in [0.717, 1.165) is 12.0 Å². The second-order valence-corrected chi connectivity index (χ2v) is 3.99. The number of ether oxygens (including phenoxy) is 1. The molecule has 0 heterocycles. The molecule has 2 rings (SSSR count). The van der Waals surface area contributed by atoms with Gasteiger partial charge >= 0.3 is 5.69 Å². The fourth-order valence-corrected chi connectivity index (χ4v) is 2.09. The first kappa shape index (κ1) is 10.9. The molecule has 1 fully saturated rings. The van der Waals surface area contributed by atoms with Gasteiger partial charge in [0.1, 0.15) is 0 Å². The number of methoxy groups -OCH3 is 1. The fraction of sp³-hybridized carbons (Fsp3) is 0.455. The molecule has 0 saturated heterocycles. The SMILES string of the molecule is COc1cccc(C2CC2CN)c1[N+](=O)[O-]. The summed E-state index contributed by atoms with van der Waals surface area (Å²) in [4.78, 5) is 10.6. The van der Waals surface area contributed by atoms with Crippen molar-refractivity contribution in [3.63, 3.8) is 0 Å². The predicted molar refractivity (Wildman–Crippen MR) is 59.6 cm³/mol. The minimum absolute atomic E-state index is 0.0888. The van der Waals surface area contributed by atoms with E-state index in [1.54, 1.807) is 18.2 Å². The van der Waals surface area contributed by atoms with Crippen LogP contribution < -0.4 is 10.5 Å². The standard InChI is InChI=1S/C11H14N2O3/c1-16-10-4-2-3-8(11(10)13(14)15)9-5-7(9)6-12/h2-4,7,9H,5-6,12H2,1H3. The Kier molecular flexibility index (Phi) is 2.78. The maximum atomic E-state index is 11.0. The minimum Gasteiger partial charge on any atom is -0.490 e. The largest absolute Gasteiger partial charge is 0.490 e. The summed E-state index contributed by atoms with van der Waals surface area (Å²) in [6.07, 6.45) is 0.935. The fourth-order valence-electron chi connectivity index (χ4n) is 2.09. The molecule has 1 aliphatic rings. The summed E-state index contributed by atoms with van der Waals surface area (Å²) in [6.45, 7) is 0.582. The molecule has 0 amide bonds. The number of nitro benzene ring substituents is 1. The third-order valence-electron chi connectivity index (χ3n) is 3.06. The number of nitrogens with two attached hydrogens (primary N) is 1. The average molecular weight is 222 g/mol. The van der Waals surface area contributed by atoms with Crippen molar-refractivity contribution in [3.8, 4) is 5.75 Å². The van der Waals surface area contributed by atoms with Crippen LogP contribution >= 0.6 is 0 Å². The second kappa shape index (κ2) is 4.09. The zero-order valence-corrected chi connectivity index (χ0v) is 9.05. The number of nitro groups is 1. The highest BCUT2D eigenvalue weighted by Crippen LogP contribution is 2.51. The molecule has 2 N–H and O–H groups in total. The molecule has 1 aliphatic carbocycles. The van der Waals surface area contributed by atoms with Crippen LogP contribution in [0.2, 0.25) is 0 Å². The Morgan fingerprint density at radius 2 is 2.38 bits per heavy atom. The van der Waals surface area contributed by atoms with Crippen molar-refractivity contribution >= 4 is 5.69 Å². The number of nitrogens with zero attached hydrogens (tertiary/aromatic N) is 1. The Morgan fingerprint density at radius 3 is 2.88 bits per heavy atom. The molecule has 0 radical (unpaired) electrons. The lowest BCUT2D eigenvalue weighted by Crippen LogP contribution is -2.03. The molecule has 86 valence electrons. The first-order valence-electron chi connectivity index (χ1n) is 5.20. The van der Waals surface area contributed by atoms with Gasteiger partial charge in [-0.25, -0.2) is 0 Å². The first-order chi connectivity index (χ1) is 7.69. The first-order valence-corrected chi connectivity index (χ1v) is 5.20. The van der Waals surface area contributed by atoms with Gasteiger partial charge in [-0.2, -0.15) is 0 Å². The molecule has 0 spiro atoms. The van der Waals surface area contributed by atoms with E-state index >= 15 is 0 Å². The van der Waals surface area contributed by atoms with E-state index in [9.17, 15) is 10.1 Å². The number of benzene rings is 1. The van der Waals surface area contributed by atoms with Gasteiger partial charge in [0, 0.05) is 5.56 Å². The zero-order valence-electron chi connectivity index (χ0n) is 9.05. The van der Waals surface area contributed by atoms with Crippen LogP contribution in [-0.4, -0.2) is 18.6 Å². The molecular formula is C11H14N2O3. The van der Waals surface area contributed by atoms with Crippen LogP contribution in [0.15, 0.2) is 18.2 Å². The van der Waals surface area contributed by atoms with Crippen LogP contribution in [-0.2, 0) is 0 Å². The molecule has 0 bridgehead atoms. The molecule has 1 aromatic carbocycles. The molecule has 0 aromatic heterocycles. The lowest BCUT2D eigenvalue weighted by molar-refractivity contribution is -0.386. The summed E-state index contributed by atoms with van der Waals surface area (Å²) < 4.78 is 5.02. The van der Waals surface area contributed by atoms with E-state index in [4.69, 9.17) is 10.5 Å². The third kappa shape index (κ3) is 1.74. The molecule has 5 heteroatoms. The van der Waals surface area contributed by atoms with Crippen LogP contribution in [0.5, 0.6) is 5.75 Å². The maximum Gasteiger partial charge on any atom is 0.314 e. The summed E-state index contributed by atoms with van der Waals surface area (Å²) in [7, 11) is 1.44. The van der Waals surface area contributed by atoms with Gasteiger partial charge in [-0.3, -0.25) is 10.1 Å². The zero-order chi connectivity index (χ0) is 11.7. The quantitative estimate of drug-likeness (QED) is 0.620. The van der Waals surface area contributed by atoms with Gasteiger partial charge in [0.05, 0.1) is 12.0 Å². The van der Waals surface area contributed by atoms with Crippen molar-refractivity contribution in [3.05, 3.63) is 33.9 Å². The van der Waals surface area contributed by atoms with Crippen LogP contribution in [0, 0.1) is 16.0 Å². The smallest absolute Gasteiger partial charge is 0.314 e. The van der Waals surface area contributed by atoms with Crippen molar-refractivity contribution in [1.29, 1.82) is 0 Å². The minimum atomic E-state index is -0.375. The topological polar surface area (TPSA) is 78.4 Å². The Morgan fingerprint density at radius 1 is 1.62 bits per heavy atom. The lowest BCUT2D eigenvalue weighted by atomic mass is 10.1. The summed E-state index contributed by atoms with van der Waals surface area (Å²) in [5.74, 6) is 0.927. The third-order valence-corrected chi connectivity index (χ3v) is 3.06. The van der Waals surface area contributed by atoms with Gasteiger partial charge in [0.2, 0.25) is 0 Å². The number of hydrogen-bond donors (Lipinski definition) is 1. The Bertz CT molecular complexity index is 420. The molecule has 1 saturated carbocycles. The van der Waals surface area contributed by atoms with Crippen LogP contribution in [0.1, 0.15) is 17.9 Å². The van der Waals surface area contributed by atoms with Gasteiger partial charge in [-0.15, -0.1) is 0 Å². The van der Waals surface area contributed by atoms with E-state index in [1.165, 1.54) is 7.11 Å². The van der Waals surface area contributed by atoms with Gasteiger partial charge in [-0.1, -0.05) is 12.1 Å². The van der Waals surface area contributed by atoms with Gasteiger partial charge in [-0.05, 0) is 30.9 Å². The monoisotopic (exact) mass is 222 g/mol. The molecule has 16 heavy (non-hydrogen) atoms. The highest BCUT2D eigenvalue weighted by molar-refractivity contribution is 5.55. The second-order valence-electron chi connectivity index (χ2n) is 3.99. The Labute approximate surface area is 93.4 Å². The van der Waals surface area contributed by atoms with Gasteiger partial charge in [0.15, 0.2) is 5.75 Å². The Hall–Kier alpha value is -1.62. The highest BCUT2D eigenvalue weighted by Gasteiger charge is 2.41. The van der Waals surface area contributed by atoms with Crippen molar-refractivity contribution in [2.45, 2.75) is 12.3 Å². The molecule has 2 unspecified atom stereocenters. The van der Waals surface area contributed by atoms with Crippen molar-refractivity contribution in [1.82, 2.24) is 0 Å². The van der Waals surface area contributed by atoms with E-state index < -0.39 is 0 Å². The van der Waals surface area contributed by atoms with Crippen molar-refractivity contribution in [2.75, 3.05) is 13.7 Å². The van der Waals surface area contributed by atoms with Crippen LogP contribution in [0.3, 0.4) is 0 Å². The Balaban J connectivity index is 2.41. The average Bonchev–Trinajstić information content (AvgIpc) is 3.06. The number of hydrogen-bond acceptors (Lipinski definition) is 4. The van der Waals surface area contributed by atoms with E-state index in [2.05, 4.69) is 0 Å².